The molecule has 2 N–H and O–H groups in total. The number of benzene rings is 1. The summed E-state index contributed by atoms with van der Waals surface area (Å²) in [5.41, 5.74) is 3.68. The summed E-state index contributed by atoms with van der Waals surface area (Å²) in [6.45, 7) is 5.55. The lowest BCUT2D eigenvalue weighted by molar-refractivity contribution is 0.102. The first kappa shape index (κ1) is 15.0. The van der Waals surface area contributed by atoms with Crippen molar-refractivity contribution in [2.24, 2.45) is 7.05 Å². The molecule has 0 aliphatic rings. The molecule has 0 aliphatic heterocycles. The van der Waals surface area contributed by atoms with E-state index in [0.29, 0.717) is 22.8 Å². The molecule has 0 bridgehead atoms. The lowest BCUT2D eigenvalue weighted by Gasteiger charge is -2.07. The quantitative estimate of drug-likeness (QED) is 0.777. The van der Waals surface area contributed by atoms with E-state index in [1.807, 2.05) is 52.1 Å². The Morgan fingerprint density at radius 3 is 2.65 bits per heavy atom. The molecule has 0 saturated carbocycles. The first-order valence-corrected chi connectivity index (χ1v) is 7.26. The predicted octanol–water partition coefficient (Wildman–Crippen LogP) is 2.38. The molecule has 0 saturated heterocycles. The molecule has 1 amide bonds. The fraction of sp³-hybridized carbons (Fsp3) is 0.250. The standard InChI is InChI=1S/C16H18N6O/c1-9-14(10(2)22(4)21-9)16(23)18-13-7-5-6-12(8-13)15-17-11(3)19-20-15/h5-8H,1-4H3,(H,18,23)(H,17,19,20). The number of rotatable bonds is 3. The number of nitrogens with zero attached hydrogens (tertiary/aromatic N) is 4. The van der Waals surface area contributed by atoms with Crippen LogP contribution in [0.4, 0.5) is 5.69 Å². The monoisotopic (exact) mass is 310 g/mol. The van der Waals surface area contributed by atoms with E-state index in [1.165, 1.54) is 0 Å². The molecule has 23 heavy (non-hydrogen) atoms. The van der Waals surface area contributed by atoms with Crippen LogP contribution in [0.3, 0.4) is 0 Å². The topological polar surface area (TPSA) is 88.5 Å². The Bertz CT molecular complexity index is 877. The van der Waals surface area contributed by atoms with E-state index in [9.17, 15) is 4.79 Å². The summed E-state index contributed by atoms with van der Waals surface area (Å²) in [6.07, 6.45) is 0. The first-order valence-electron chi connectivity index (χ1n) is 7.26. The van der Waals surface area contributed by atoms with Gasteiger partial charge in [-0.2, -0.15) is 10.2 Å². The summed E-state index contributed by atoms with van der Waals surface area (Å²) in [5.74, 6) is 1.18. The highest BCUT2D eigenvalue weighted by Crippen LogP contribution is 2.21. The molecule has 3 aromatic rings. The highest BCUT2D eigenvalue weighted by atomic mass is 16.1. The molecule has 7 heteroatoms. The van der Waals surface area contributed by atoms with E-state index in [4.69, 9.17) is 0 Å². The van der Waals surface area contributed by atoms with Crippen molar-refractivity contribution in [3.05, 3.63) is 47.0 Å². The lowest BCUT2D eigenvalue weighted by atomic mass is 10.1. The summed E-state index contributed by atoms with van der Waals surface area (Å²) in [6, 6.07) is 7.45. The van der Waals surface area contributed by atoms with Crippen LogP contribution >= 0.6 is 0 Å². The van der Waals surface area contributed by atoms with Gasteiger partial charge in [-0.15, -0.1) is 0 Å². The minimum Gasteiger partial charge on any atom is -0.322 e. The molecular weight excluding hydrogens is 292 g/mol. The second-order valence-electron chi connectivity index (χ2n) is 5.45. The Morgan fingerprint density at radius 2 is 2.04 bits per heavy atom. The maximum Gasteiger partial charge on any atom is 0.259 e. The van der Waals surface area contributed by atoms with Gasteiger partial charge in [0.25, 0.3) is 5.91 Å². The zero-order valence-electron chi connectivity index (χ0n) is 13.5. The van der Waals surface area contributed by atoms with Crippen LogP contribution in [0.2, 0.25) is 0 Å². The third kappa shape index (κ3) is 2.85. The molecule has 0 fully saturated rings. The van der Waals surface area contributed by atoms with Crippen LogP contribution in [-0.4, -0.2) is 30.9 Å². The summed E-state index contributed by atoms with van der Waals surface area (Å²) < 4.78 is 1.71. The minimum atomic E-state index is -0.170. The third-order valence-electron chi connectivity index (χ3n) is 3.71. The Balaban J connectivity index is 1.87. The van der Waals surface area contributed by atoms with Crippen molar-refractivity contribution in [2.75, 3.05) is 5.32 Å². The van der Waals surface area contributed by atoms with Crippen LogP contribution in [-0.2, 0) is 7.05 Å². The highest BCUT2D eigenvalue weighted by molar-refractivity contribution is 6.06. The largest absolute Gasteiger partial charge is 0.322 e. The van der Waals surface area contributed by atoms with Crippen molar-refractivity contribution < 1.29 is 4.79 Å². The van der Waals surface area contributed by atoms with E-state index in [1.54, 1.807) is 4.68 Å². The molecule has 1 aromatic carbocycles. The minimum absolute atomic E-state index is 0.170. The average molecular weight is 310 g/mol. The summed E-state index contributed by atoms with van der Waals surface area (Å²) in [7, 11) is 1.82. The maximum atomic E-state index is 12.5. The van der Waals surface area contributed by atoms with Gasteiger partial charge in [-0.25, -0.2) is 4.98 Å². The normalized spacial score (nSPS) is 10.8. The highest BCUT2D eigenvalue weighted by Gasteiger charge is 2.17. The van der Waals surface area contributed by atoms with Gasteiger partial charge >= 0.3 is 0 Å². The van der Waals surface area contributed by atoms with Crippen molar-refractivity contribution in [2.45, 2.75) is 20.8 Å². The van der Waals surface area contributed by atoms with Gasteiger partial charge in [-0.1, -0.05) is 12.1 Å². The van der Waals surface area contributed by atoms with E-state index in [2.05, 4.69) is 25.6 Å². The number of aryl methyl sites for hydroxylation is 3. The fourth-order valence-electron chi connectivity index (χ4n) is 2.50. The van der Waals surface area contributed by atoms with Crippen molar-refractivity contribution in [1.82, 2.24) is 25.0 Å². The Labute approximate surface area is 133 Å². The predicted molar refractivity (Wildman–Crippen MR) is 87.2 cm³/mol. The Kier molecular flexibility index (Phi) is 3.69. The second kappa shape index (κ2) is 5.68. The van der Waals surface area contributed by atoms with Crippen molar-refractivity contribution >= 4 is 11.6 Å². The van der Waals surface area contributed by atoms with Crippen LogP contribution in [0.15, 0.2) is 24.3 Å². The average Bonchev–Trinajstić information content (AvgIpc) is 3.03. The van der Waals surface area contributed by atoms with E-state index in [-0.39, 0.29) is 5.91 Å². The number of anilines is 1. The second-order valence-corrected chi connectivity index (χ2v) is 5.45. The number of hydrogen-bond donors (Lipinski definition) is 2. The van der Waals surface area contributed by atoms with Crippen molar-refractivity contribution in [3.63, 3.8) is 0 Å². The SMILES string of the molecule is Cc1nc(-c2cccc(NC(=O)c3c(C)nn(C)c3C)c2)n[nH]1. The van der Waals surface area contributed by atoms with Crippen LogP contribution < -0.4 is 5.32 Å². The zero-order chi connectivity index (χ0) is 16.6. The molecule has 3 rings (SSSR count). The molecule has 7 nitrogen and oxygen atoms in total. The number of carbonyl (C=O) groups is 1. The first-order chi connectivity index (χ1) is 11.0. The maximum absolute atomic E-state index is 12.5. The Hall–Kier alpha value is -2.96. The molecule has 0 spiro atoms. The third-order valence-corrected chi connectivity index (χ3v) is 3.71. The van der Waals surface area contributed by atoms with Crippen LogP contribution in [0.5, 0.6) is 0 Å². The van der Waals surface area contributed by atoms with E-state index >= 15 is 0 Å². The van der Waals surface area contributed by atoms with Crippen molar-refractivity contribution in [3.8, 4) is 11.4 Å². The van der Waals surface area contributed by atoms with Gasteiger partial charge in [0.15, 0.2) is 5.82 Å². The van der Waals surface area contributed by atoms with Crippen LogP contribution in [0, 0.1) is 20.8 Å². The van der Waals surface area contributed by atoms with Gasteiger partial charge in [-0.05, 0) is 32.9 Å². The number of nitrogens with one attached hydrogen (secondary N) is 2. The van der Waals surface area contributed by atoms with Crippen LogP contribution in [0.1, 0.15) is 27.6 Å². The molecule has 2 aromatic heterocycles. The van der Waals surface area contributed by atoms with Gasteiger partial charge in [0.1, 0.15) is 5.82 Å². The van der Waals surface area contributed by atoms with Gasteiger partial charge in [-0.3, -0.25) is 14.6 Å². The Morgan fingerprint density at radius 1 is 1.26 bits per heavy atom. The van der Waals surface area contributed by atoms with E-state index < -0.39 is 0 Å². The fourth-order valence-corrected chi connectivity index (χ4v) is 2.50. The number of H-pyrrole nitrogens is 1. The molecule has 0 unspecified atom stereocenters. The molecule has 0 aliphatic carbocycles. The molecule has 118 valence electrons. The smallest absolute Gasteiger partial charge is 0.259 e. The van der Waals surface area contributed by atoms with Crippen molar-refractivity contribution in [1.29, 1.82) is 0 Å². The summed E-state index contributed by atoms with van der Waals surface area (Å²) >= 11 is 0. The zero-order valence-corrected chi connectivity index (χ0v) is 13.5. The molecular formula is C16H18N6O. The number of amides is 1. The number of aromatic amines is 1. The number of aromatic nitrogens is 5. The summed E-state index contributed by atoms with van der Waals surface area (Å²) in [4.78, 5) is 16.8. The van der Waals surface area contributed by atoms with Gasteiger partial charge in [0.2, 0.25) is 0 Å². The molecule has 2 heterocycles. The van der Waals surface area contributed by atoms with Gasteiger partial charge in [0.05, 0.1) is 11.3 Å². The lowest BCUT2D eigenvalue weighted by Crippen LogP contribution is -2.14. The molecule has 0 radical (unpaired) electrons. The van der Waals surface area contributed by atoms with Gasteiger partial charge < -0.3 is 5.32 Å². The van der Waals surface area contributed by atoms with E-state index in [0.717, 1.165) is 17.1 Å². The summed E-state index contributed by atoms with van der Waals surface area (Å²) in [5, 5.41) is 14.1. The number of carbonyl (C=O) groups excluding carboxylic acids is 1. The number of hydrogen-bond acceptors (Lipinski definition) is 4. The van der Waals surface area contributed by atoms with Gasteiger partial charge in [0, 0.05) is 24.0 Å². The van der Waals surface area contributed by atoms with Crippen LogP contribution in [0.25, 0.3) is 11.4 Å². The molecule has 0 atom stereocenters.